The van der Waals surface area contributed by atoms with Gasteiger partial charge in [-0.3, -0.25) is 14.4 Å². The Morgan fingerprint density at radius 3 is 2.76 bits per heavy atom. The van der Waals surface area contributed by atoms with Crippen molar-refractivity contribution in [3.8, 4) is 6.07 Å². The average molecular weight is 536 g/mol. The van der Waals surface area contributed by atoms with Crippen molar-refractivity contribution < 1.29 is 23.2 Å². The number of nitrogens with zero attached hydrogens (tertiary/aromatic N) is 2. The van der Waals surface area contributed by atoms with Crippen LogP contribution >= 0.6 is 11.6 Å². The van der Waals surface area contributed by atoms with E-state index in [0.29, 0.717) is 30.1 Å². The number of piperidine rings is 3. The number of carbonyl (C=O) groups excluding carboxylic acids is 3. The van der Waals surface area contributed by atoms with E-state index in [2.05, 4.69) is 16.0 Å². The molecule has 1 aromatic rings. The molecule has 2 bridgehead atoms. The Kier molecular flexibility index (Phi) is 7.93. The molecule has 11 heteroatoms. The number of rotatable bonds is 7. The van der Waals surface area contributed by atoms with E-state index in [4.69, 9.17) is 11.6 Å². The molecule has 5 rings (SSSR count). The maximum absolute atomic E-state index is 15.0. The molecule has 0 radical (unpaired) electrons. The highest BCUT2D eigenvalue weighted by Gasteiger charge is 2.60. The van der Waals surface area contributed by atoms with Gasteiger partial charge in [-0.2, -0.15) is 5.26 Å². The van der Waals surface area contributed by atoms with Crippen LogP contribution in [-0.4, -0.2) is 59.3 Å². The summed E-state index contributed by atoms with van der Waals surface area (Å²) in [6, 6.07) is 3.18. The maximum atomic E-state index is 15.0. The Balaban J connectivity index is 1.54. The van der Waals surface area contributed by atoms with Gasteiger partial charge in [-0.1, -0.05) is 17.7 Å². The van der Waals surface area contributed by atoms with Crippen molar-refractivity contribution in [2.24, 2.45) is 11.8 Å². The first-order valence-corrected chi connectivity index (χ1v) is 13.1. The van der Waals surface area contributed by atoms with Crippen molar-refractivity contribution in [3.05, 3.63) is 28.8 Å². The molecule has 1 saturated carbocycles. The summed E-state index contributed by atoms with van der Waals surface area (Å²) in [5.74, 6) is -6.32. The molecule has 0 aromatic heterocycles. The lowest BCUT2D eigenvalue weighted by atomic mass is 9.71. The third-order valence-corrected chi connectivity index (χ3v) is 8.27. The summed E-state index contributed by atoms with van der Waals surface area (Å²) < 4.78 is 29.9. The molecule has 3 amide bonds. The number of hydrogen-bond acceptors (Lipinski definition) is 5. The van der Waals surface area contributed by atoms with Gasteiger partial charge >= 0.3 is 0 Å². The standard InChI is InChI=1S/C26H32ClF2N5O3/c1-14-20(27)6-3-7-21(14)32-15(2)25(37)34-18-8-9-19(26(28,29)12-18)22(34)24(36)33-17(13-30)11-16-5-4-10-31-23(16)35/h3,6-7,15-19,22,32H,4-5,8-12H2,1-2H3,(H,31,35)(H,33,36)/t15-,16-,17+,18-,19-,22-/m0/s1. The second-order valence-corrected chi connectivity index (χ2v) is 10.7. The summed E-state index contributed by atoms with van der Waals surface area (Å²) in [4.78, 5) is 40.5. The summed E-state index contributed by atoms with van der Waals surface area (Å²) in [6.07, 6.45) is 1.42. The van der Waals surface area contributed by atoms with Crippen LogP contribution in [0.4, 0.5) is 14.5 Å². The summed E-state index contributed by atoms with van der Waals surface area (Å²) in [7, 11) is 0. The quantitative estimate of drug-likeness (QED) is 0.495. The number of nitriles is 1. The molecule has 37 heavy (non-hydrogen) atoms. The number of alkyl halides is 2. The van der Waals surface area contributed by atoms with E-state index < -0.39 is 60.2 Å². The lowest BCUT2D eigenvalue weighted by molar-refractivity contribution is -0.194. The SMILES string of the molecule is Cc1c(Cl)cccc1N[C@@H](C)C(=O)N1[C@H]2CC[C@@H]([C@H]1C(=O)N[C@@H](C#N)C[C@@H]1CCCNC1=O)C(F)(F)C2. The van der Waals surface area contributed by atoms with Crippen LogP contribution in [0.15, 0.2) is 18.2 Å². The molecule has 0 unspecified atom stereocenters. The Morgan fingerprint density at radius 1 is 1.32 bits per heavy atom. The van der Waals surface area contributed by atoms with Crippen LogP contribution < -0.4 is 16.0 Å². The first kappa shape index (κ1) is 27.1. The molecule has 4 fully saturated rings. The summed E-state index contributed by atoms with van der Waals surface area (Å²) in [6.45, 7) is 3.99. The predicted octanol–water partition coefficient (Wildman–Crippen LogP) is 3.39. The zero-order valence-corrected chi connectivity index (χ0v) is 21.7. The van der Waals surface area contributed by atoms with Gasteiger partial charge in [0.15, 0.2) is 0 Å². The third kappa shape index (κ3) is 5.52. The van der Waals surface area contributed by atoms with Crippen molar-refractivity contribution >= 4 is 35.0 Å². The smallest absolute Gasteiger partial charge is 0.255 e. The van der Waals surface area contributed by atoms with Gasteiger partial charge in [0, 0.05) is 35.6 Å². The van der Waals surface area contributed by atoms with Crippen LogP contribution in [0.3, 0.4) is 0 Å². The molecule has 1 aromatic carbocycles. The Labute approximate surface area is 220 Å². The summed E-state index contributed by atoms with van der Waals surface area (Å²) in [5, 5.41) is 18.6. The minimum absolute atomic E-state index is 0.0885. The fourth-order valence-corrected chi connectivity index (χ4v) is 6.03. The van der Waals surface area contributed by atoms with Gasteiger partial charge in [0.25, 0.3) is 5.92 Å². The second kappa shape index (κ2) is 10.8. The molecular weight excluding hydrogens is 504 g/mol. The molecule has 200 valence electrons. The maximum Gasteiger partial charge on any atom is 0.255 e. The van der Waals surface area contributed by atoms with Gasteiger partial charge < -0.3 is 20.9 Å². The van der Waals surface area contributed by atoms with E-state index in [0.717, 1.165) is 12.0 Å². The number of amides is 3. The number of fused-ring (bicyclic) bond motifs is 3. The topological polar surface area (TPSA) is 114 Å². The molecule has 8 nitrogen and oxygen atoms in total. The third-order valence-electron chi connectivity index (χ3n) is 7.86. The highest BCUT2D eigenvalue weighted by Crippen LogP contribution is 2.49. The highest BCUT2D eigenvalue weighted by molar-refractivity contribution is 6.31. The largest absolute Gasteiger partial charge is 0.374 e. The molecule has 6 atom stereocenters. The minimum atomic E-state index is -3.10. The zero-order chi connectivity index (χ0) is 26.9. The van der Waals surface area contributed by atoms with Gasteiger partial charge in [-0.15, -0.1) is 0 Å². The Hall–Kier alpha value is -2.93. The van der Waals surface area contributed by atoms with Crippen molar-refractivity contribution in [1.29, 1.82) is 5.26 Å². The number of anilines is 1. The van der Waals surface area contributed by atoms with Crippen LogP contribution in [0.1, 0.15) is 51.0 Å². The van der Waals surface area contributed by atoms with E-state index in [9.17, 15) is 28.4 Å². The number of halogens is 3. The van der Waals surface area contributed by atoms with Gasteiger partial charge in [0.1, 0.15) is 18.1 Å². The van der Waals surface area contributed by atoms with E-state index in [-0.39, 0.29) is 18.7 Å². The summed E-state index contributed by atoms with van der Waals surface area (Å²) in [5.41, 5.74) is 1.38. The number of benzene rings is 1. The van der Waals surface area contributed by atoms with Gasteiger partial charge in [-0.05, 0) is 63.6 Å². The van der Waals surface area contributed by atoms with Gasteiger partial charge in [0.05, 0.1) is 12.0 Å². The van der Waals surface area contributed by atoms with Crippen LogP contribution in [0.25, 0.3) is 0 Å². The van der Waals surface area contributed by atoms with Crippen LogP contribution in [0.5, 0.6) is 0 Å². The molecule has 1 aliphatic carbocycles. The monoisotopic (exact) mass is 535 g/mol. The van der Waals surface area contributed by atoms with E-state index in [1.54, 1.807) is 32.0 Å². The average Bonchev–Trinajstić information content (AvgIpc) is 2.86. The van der Waals surface area contributed by atoms with Crippen molar-refractivity contribution in [1.82, 2.24) is 15.5 Å². The molecule has 3 N–H and O–H groups in total. The predicted molar refractivity (Wildman–Crippen MR) is 134 cm³/mol. The van der Waals surface area contributed by atoms with Crippen molar-refractivity contribution in [2.45, 2.75) is 82.5 Å². The van der Waals surface area contributed by atoms with Crippen LogP contribution in [-0.2, 0) is 14.4 Å². The van der Waals surface area contributed by atoms with E-state index >= 15 is 0 Å². The number of hydrogen-bond donors (Lipinski definition) is 3. The Morgan fingerprint density at radius 2 is 2.08 bits per heavy atom. The van der Waals surface area contributed by atoms with E-state index in [1.165, 1.54) is 4.90 Å². The van der Waals surface area contributed by atoms with Gasteiger partial charge in [-0.25, -0.2) is 8.78 Å². The number of carbonyl (C=O) groups is 3. The Bertz CT molecular complexity index is 1110. The normalized spacial score (nSPS) is 28.0. The van der Waals surface area contributed by atoms with Crippen molar-refractivity contribution in [2.75, 3.05) is 11.9 Å². The first-order chi connectivity index (χ1) is 17.5. The molecule has 3 heterocycles. The number of nitrogens with one attached hydrogen (secondary N) is 3. The van der Waals surface area contributed by atoms with Crippen LogP contribution in [0.2, 0.25) is 5.02 Å². The van der Waals surface area contributed by atoms with Crippen LogP contribution in [0, 0.1) is 30.1 Å². The first-order valence-electron chi connectivity index (χ1n) is 12.7. The lowest BCUT2D eigenvalue weighted by Gasteiger charge is -2.54. The molecular formula is C26H32ClF2N5O3. The van der Waals surface area contributed by atoms with Crippen molar-refractivity contribution in [3.63, 3.8) is 0 Å². The lowest BCUT2D eigenvalue weighted by Crippen LogP contribution is -2.70. The molecule has 3 aliphatic heterocycles. The van der Waals surface area contributed by atoms with E-state index in [1.807, 2.05) is 6.07 Å². The minimum Gasteiger partial charge on any atom is -0.374 e. The highest BCUT2D eigenvalue weighted by atomic mass is 35.5. The van der Waals surface area contributed by atoms with Gasteiger partial charge in [0.2, 0.25) is 17.7 Å². The molecule has 4 aliphatic rings. The zero-order valence-electron chi connectivity index (χ0n) is 20.9. The molecule has 0 spiro atoms. The fraction of sp³-hybridized carbons (Fsp3) is 0.615. The molecule has 3 saturated heterocycles. The summed E-state index contributed by atoms with van der Waals surface area (Å²) >= 11 is 6.19. The fourth-order valence-electron chi connectivity index (χ4n) is 5.85. The second-order valence-electron chi connectivity index (χ2n) is 10.3.